The fourth-order valence-corrected chi connectivity index (χ4v) is 1.24. The Morgan fingerprint density at radius 1 is 1.40 bits per heavy atom. The Morgan fingerprint density at radius 3 is 2.40 bits per heavy atom. The standard InChI is InChI=1S/C10H10F2O3/c1-5-3-7(6(2)15-5)8(13)4-9(14)10(11)12/h3,10H,4H2,1-2H3. The molecule has 0 aliphatic carbocycles. The van der Waals surface area contributed by atoms with Crippen molar-refractivity contribution in [1.29, 1.82) is 0 Å². The SMILES string of the molecule is Cc1cc(C(=O)CC(=O)C(F)F)c(C)o1. The number of rotatable bonds is 4. The van der Waals surface area contributed by atoms with Crippen molar-refractivity contribution >= 4 is 11.6 Å². The first-order chi connectivity index (χ1) is 6.91. The number of carbonyl (C=O) groups excluding carboxylic acids is 2. The molecule has 0 bridgehead atoms. The van der Waals surface area contributed by atoms with Crippen LogP contribution in [0.3, 0.4) is 0 Å². The number of carbonyl (C=O) groups is 2. The third-order valence-electron chi connectivity index (χ3n) is 1.92. The molecule has 1 heterocycles. The van der Waals surface area contributed by atoms with Gasteiger partial charge in [-0.3, -0.25) is 9.59 Å². The first-order valence-electron chi connectivity index (χ1n) is 4.33. The van der Waals surface area contributed by atoms with E-state index in [1.807, 2.05) is 0 Å². The fourth-order valence-electron chi connectivity index (χ4n) is 1.24. The third-order valence-corrected chi connectivity index (χ3v) is 1.92. The molecule has 0 unspecified atom stereocenters. The van der Waals surface area contributed by atoms with Crippen LogP contribution >= 0.6 is 0 Å². The average Bonchev–Trinajstić information content (AvgIpc) is 2.44. The number of hydrogen-bond acceptors (Lipinski definition) is 3. The summed E-state index contributed by atoms with van der Waals surface area (Å²) in [5.41, 5.74) is 0.196. The summed E-state index contributed by atoms with van der Waals surface area (Å²) < 4.78 is 28.8. The van der Waals surface area contributed by atoms with Crippen LogP contribution in [0.2, 0.25) is 0 Å². The maximum absolute atomic E-state index is 11.9. The van der Waals surface area contributed by atoms with Crippen molar-refractivity contribution in [3.8, 4) is 0 Å². The van der Waals surface area contributed by atoms with E-state index in [-0.39, 0.29) is 5.56 Å². The molecule has 3 nitrogen and oxygen atoms in total. The summed E-state index contributed by atoms with van der Waals surface area (Å²) >= 11 is 0. The van der Waals surface area contributed by atoms with Gasteiger partial charge in [0.2, 0.25) is 5.78 Å². The molecular weight excluding hydrogens is 206 g/mol. The summed E-state index contributed by atoms with van der Waals surface area (Å²) in [5.74, 6) is -1.13. The van der Waals surface area contributed by atoms with Crippen LogP contribution in [0.5, 0.6) is 0 Å². The summed E-state index contributed by atoms with van der Waals surface area (Å²) in [7, 11) is 0. The fraction of sp³-hybridized carbons (Fsp3) is 0.400. The van der Waals surface area contributed by atoms with Gasteiger partial charge in [0, 0.05) is 0 Å². The van der Waals surface area contributed by atoms with E-state index in [1.165, 1.54) is 6.07 Å². The first-order valence-corrected chi connectivity index (χ1v) is 4.33. The summed E-state index contributed by atoms with van der Waals surface area (Å²) in [6.45, 7) is 3.19. The Kier molecular flexibility index (Phi) is 3.34. The summed E-state index contributed by atoms with van der Waals surface area (Å²) in [5, 5.41) is 0. The number of Topliss-reactive ketones (excluding diaryl/α,β-unsaturated/α-hetero) is 2. The molecule has 1 rings (SSSR count). The van der Waals surface area contributed by atoms with E-state index in [0.717, 1.165) is 0 Å². The Bertz CT molecular complexity index is 393. The quantitative estimate of drug-likeness (QED) is 0.573. The van der Waals surface area contributed by atoms with E-state index >= 15 is 0 Å². The largest absolute Gasteiger partial charge is 0.466 e. The Labute approximate surface area is 85.1 Å². The van der Waals surface area contributed by atoms with Crippen molar-refractivity contribution in [3.63, 3.8) is 0 Å². The van der Waals surface area contributed by atoms with Gasteiger partial charge in [-0.05, 0) is 19.9 Å². The minimum Gasteiger partial charge on any atom is -0.466 e. The molecule has 0 spiro atoms. The highest BCUT2D eigenvalue weighted by molar-refractivity contribution is 6.09. The van der Waals surface area contributed by atoms with Gasteiger partial charge in [-0.15, -0.1) is 0 Å². The monoisotopic (exact) mass is 216 g/mol. The van der Waals surface area contributed by atoms with Crippen LogP contribution in [-0.4, -0.2) is 18.0 Å². The molecule has 1 aromatic heterocycles. The first kappa shape index (κ1) is 11.6. The van der Waals surface area contributed by atoms with Crippen molar-refractivity contribution in [3.05, 3.63) is 23.2 Å². The maximum Gasteiger partial charge on any atom is 0.296 e. The minimum atomic E-state index is -3.10. The van der Waals surface area contributed by atoms with Gasteiger partial charge in [0.15, 0.2) is 5.78 Å². The van der Waals surface area contributed by atoms with Gasteiger partial charge in [0.05, 0.1) is 12.0 Å². The number of hydrogen-bond donors (Lipinski definition) is 0. The van der Waals surface area contributed by atoms with Gasteiger partial charge in [-0.1, -0.05) is 0 Å². The zero-order valence-electron chi connectivity index (χ0n) is 8.34. The van der Waals surface area contributed by atoms with Gasteiger partial charge in [0.25, 0.3) is 6.43 Å². The van der Waals surface area contributed by atoms with Gasteiger partial charge >= 0.3 is 0 Å². The maximum atomic E-state index is 11.9. The van der Waals surface area contributed by atoms with E-state index in [4.69, 9.17) is 4.42 Å². The van der Waals surface area contributed by atoms with E-state index in [1.54, 1.807) is 13.8 Å². The molecule has 5 heteroatoms. The van der Waals surface area contributed by atoms with E-state index in [2.05, 4.69) is 0 Å². The van der Waals surface area contributed by atoms with Crippen molar-refractivity contribution in [2.75, 3.05) is 0 Å². The molecular formula is C10H10F2O3. The number of halogens is 2. The van der Waals surface area contributed by atoms with Gasteiger partial charge in [0.1, 0.15) is 11.5 Å². The number of alkyl halides is 2. The van der Waals surface area contributed by atoms with Crippen LogP contribution < -0.4 is 0 Å². The molecule has 0 N–H and O–H groups in total. The zero-order chi connectivity index (χ0) is 11.6. The second-order valence-electron chi connectivity index (χ2n) is 3.19. The molecule has 0 aliphatic rings. The molecule has 0 saturated carbocycles. The Hall–Kier alpha value is -1.52. The van der Waals surface area contributed by atoms with E-state index in [9.17, 15) is 18.4 Å². The Morgan fingerprint density at radius 2 is 2.00 bits per heavy atom. The molecule has 15 heavy (non-hydrogen) atoms. The zero-order valence-corrected chi connectivity index (χ0v) is 8.34. The summed E-state index contributed by atoms with van der Waals surface area (Å²) in [4.78, 5) is 22.0. The third kappa shape index (κ3) is 2.71. The molecule has 0 amide bonds. The summed E-state index contributed by atoms with van der Waals surface area (Å²) in [6, 6.07) is 1.44. The lowest BCUT2D eigenvalue weighted by atomic mass is 10.1. The van der Waals surface area contributed by atoms with Crippen molar-refractivity contribution in [2.24, 2.45) is 0 Å². The molecule has 0 atom stereocenters. The predicted molar refractivity (Wildman–Crippen MR) is 48.1 cm³/mol. The molecule has 0 aromatic carbocycles. The predicted octanol–water partition coefficient (Wildman–Crippen LogP) is 2.30. The van der Waals surface area contributed by atoms with Crippen LogP contribution in [0.1, 0.15) is 28.3 Å². The van der Waals surface area contributed by atoms with Crippen molar-refractivity contribution < 1.29 is 22.8 Å². The molecule has 0 fully saturated rings. The van der Waals surface area contributed by atoms with Crippen molar-refractivity contribution in [1.82, 2.24) is 0 Å². The molecule has 0 aliphatic heterocycles. The smallest absolute Gasteiger partial charge is 0.296 e. The second kappa shape index (κ2) is 4.33. The van der Waals surface area contributed by atoms with E-state index in [0.29, 0.717) is 11.5 Å². The second-order valence-corrected chi connectivity index (χ2v) is 3.19. The summed E-state index contributed by atoms with van der Waals surface area (Å²) in [6.07, 6.45) is -3.88. The lowest BCUT2D eigenvalue weighted by Gasteiger charge is -1.97. The van der Waals surface area contributed by atoms with Crippen LogP contribution in [0, 0.1) is 13.8 Å². The average molecular weight is 216 g/mol. The normalized spacial score (nSPS) is 10.7. The van der Waals surface area contributed by atoms with Crippen LogP contribution in [0.4, 0.5) is 8.78 Å². The highest BCUT2D eigenvalue weighted by atomic mass is 19.3. The van der Waals surface area contributed by atoms with Crippen LogP contribution in [0.15, 0.2) is 10.5 Å². The van der Waals surface area contributed by atoms with Gasteiger partial charge in [-0.25, -0.2) is 8.78 Å². The molecule has 1 aromatic rings. The Balaban J connectivity index is 2.78. The number of aryl methyl sites for hydroxylation is 2. The minimum absolute atomic E-state index is 0.196. The van der Waals surface area contributed by atoms with E-state index < -0.39 is 24.4 Å². The number of furan rings is 1. The lowest BCUT2D eigenvalue weighted by Crippen LogP contribution is -2.15. The van der Waals surface area contributed by atoms with Gasteiger partial charge in [-0.2, -0.15) is 0 Å². The lowest BCUT2D eigenvalue weighted by molar-refractivity contribution is -0.128. The topological polar surface area (TPSA) is 47.3 Å². The highest BCUT2D eigenvalue weighted by Gasteiger charge is 2.22. The molecule has 0 saturated heterocycles. The molecule has 0 radical (unpaired) electrons. The number of ketones is 2. The van der Waals surface area contributed by atoms with Crippen LogP contribution in [-0.2, 0) is 4.79 Å². The van der Waals surface area contributed by atoms with Crippen LogP contribution in [0.25, 0.3) is 0 Å². The molecule has 82 valence electrons. The van der Waals surface area contributed by atoms with Gasteiger partial charge < -0.3 is 4.42 Å². The van der Waals surface area contributed by atoms with Crippen molar-refractivity contribution in [2.45, 2.75) is 26.7 Å². The highest BCUT2D eigenvalue weighted by Crippen LogP contribution is 2.16.